The van der Waals surface area contributed by atoms with Gasteiger partial charge in [0.25, 0.3) is 0 Å². The topological polar surface area (TPSA) is 83.7 Å². The van der Waals surface area contributed by atoms with Gasteiger partial charge in [-0.2, -0.15) is 5.26 Å². The minimum atomic E-state index is -0.276. The quantitative estimate of drug-likeness (QED) is 0.659. The number of nitrogens with zero attached hydrogens (tertiary/aromatic N) is 4. The number of nitriles is 1. The number of halogens is 1. The van der Waals surface area contributed by atoms with Crippen LogP contribution in [0, 0.1) is 22.2 Å². The number of anilines is 2. The molecule has 1 aromatic carbocycles. The van der Waals surface area contributed by atoms with Crippen molar-refractivity contribution in [2.75, 3.05) is 11.9 Å². The number of hydrogen-bond donors (Lipinski definition) is 1. The zero-order valence-electron chi connectivity index (χ0n) is 14.4. The summed E-state index contributed by atoms with van der Waals surface area (Å²) in [4.78, 5) is 12.3. The molecular weight excluding hydrogens is 362 g/mol. The van der Waals surface area contributed by atoms with Crippen molar-refractivity contribution in [3.05, 3.63) is 48.1 Å². The molecule has 1 unspecified atom stereocenters. The van der Waals surface area contributed by atoms with E-state index in [0.29, 0.717) is 18.1 Å². The first kappa shape index (κ1) is 16.3. The Morgan fingerprint density at radius 2 is 2.00 bits per heavy atom. The lowest BCUT2D eigenvalue weighted by Crippen LogP contribution is -2.14. The highest BCUT2D eigenvalue weighted by molar-refractivity contribution is 6.28. The summed E-state index contributed by atoms with van der Waals surface area (Å²) >= 11 is 5.73. The van der Waals surface area contributed by atoms with Crippen LogP contribution in [0.15, 0.2) is 42.9 Å². The van der Waals surface area contributed by atoms with Gasteiger partial charge in [0.1, 0.15) is 18.2 Å². The number of ether oxygens (including phenoxy) is 1. The highest BCUT2D eigenvalue weighted by Gasteiger charge is 2.75. The lowest BCUT2D eigenvalue weighted by molar-refractivity contribution is 0.255. The fourth-order valence-electron chi connectivity index (χ4n) is 3.80. The lowest BCUT2D eigenvalue weighted by atomic mass is 10.1. The molecule has 6 nitrogen and oxygen atoms in total. The Balaban J connectivity index is 1.37. The third-order valence-electron chi connectivity index (χ3n) is 5.70. The molecule has 0 bridgehead atoms. The second-order valence-corrected chi connectivity index (χ2v) is 7.69. The summed E-state index contributed by atoms with van der Waals surface area (Å²) in [6, 6.07) is 10.3. The van der Waals surface area contributed by atoms with E-state index in [2.05, 4.69) is 26.3 Å². The Hall–Kier alpha value is -2.91. The third-order valence-corrected chi connectivity index (χ3v) is 5.90. The van der Waals surface area contributed by atoms with Crippen molar-refractivity contribution in [1.82, 2.24) is 15.0 Å². The van der Waals surface area contributed by atoms with Crippen molar-refractivity contribution < 1.29 is 4.74 Å². The molecule has 2 aromatic heterocycles. The van der Waals surface area contributed by atoms with Crippen molar-refractivity contribution in [3.8, 4) is 11.8 Å². The number of pyridine rings is 1. The second-order valence-electron chi connectivity index (χ2n) is 7.35. The summed E-state index contributed by atoms with van der Waals surface area (Å²) in [5.74, 6) is 1.48. The van der Waals surface area contributed by atoms with Crippen LogP contribution in [0.1, 0.15) is 19.3 Å². The Kier molecular flexibility index (Phi) is 3.49. The number of fused-ring (bicyclic) bond motifs is 1. The molecule has 7 heteroatoms. The SMILES string of the molecule is N#CC1(COc2ccc3c(Nc4cnc(Cl)nc4)nccc3c2)CC12CC2. The van der Waals surface area contributed by atoms with Gasteiger partial charge >= 0.3 is 0 Å². The molecule has 2 heterocycles. The minimum absolute atomic E-state index is 0.201. The molecule has 0 amide bonds. The zero-order chi connectivity index (χ0) is 18.5. The average Bonchev–Trinajstić information content (AvgIpc) is 3.60. The maximum Gasteiger partial charge on any atom is 0.222 e. The van der Waals surface area contributed by atoms with Crippen LogP contribution in [0.3, 0.4) is 0 Å². The third kappa shape index (κ3) is 2.75. The number of aromatic nitrogens is 3. The largest absolute Gasteiger partial charge is 0.492 e. The maximum absolute atomic E-state index is 9.51. The Bertz CT molecular complexity index is 1070. The number of rotatable bonds is 5. The molecule has 2 saturated carbocycles. The van der Waals surface area contributed by atoms with E-state index in [0.717, 1.165) is 35.8 Å². The predicted octanol–water partition coefficient (Wildman–Crippen LogP) is 4.49. The number of nitrogens with one attached hydrogen (secondary N) is 1. The molecule has 2 aliphatic carbocycles. The van der Waals surface area contributed by atoms with E-state index < -0.39 is 0 Å². The first-order valence-corrected chi connectivity index (χ1v) is 9.18. The van der Waals surface area contributed by atoms with E-state index >= 15 is 0 Å². The summed E-state index contributed by atoms with van der Waals surface area (Å²) in [6.07, 6.45) is 8.26. The molecule has 1 N–H and O–H groups in total. The van der Waals surface area contributed by atoms with Crippen LogP contribution in [0.2, 0.25) is 5.28 Å². The van der Waals surface area contributed by atoms with Crippen molar-refractivity contribution in [1.29, 1.82) is 5.26 Å². The van der Waals surface area contributed by atoms with Crippen LogP contribution in [0.4, 0.5) is 11.5 Å². The highest BCUT2D eigenvalue weighted by atomic mass is 35.5. The van der Waals surface area contributed by atoms with Gasteiger partial charge in [-0.3, -0.25) is 0 Å². The molecular formula is C20H16ClN5O. The van der Waals surface area contributed by atoms with Gasteiger partial charge in [-0.1, -0.05) is 0 Å². The summed E-state index contributed by atoms with van der Waals surface area (Å²) in [6.45, 7) is 0.466. The smallest absolute Gasteiger partial charge is 0.222 e. The van der Waals surface area contributed by atoms with E-state index in [9.17, 15) is 5.26 Å². The molecule has 0 radical (unpaired) electrons. The molecule has 2 aliphatic rings. The first-order chi connectivity index (χ1) is 13.1. The van der Waals surface area contributed by atoms with Crippen LogP contribution < -0.4 is 10.1 Å². The van der Waals surface area contributed by atoms with Gasteiger partial charge in [0.2, 0.25) is 5.28 Å². The number of benzene rings is 1. The molecule has 0 aliphatic heterocycles. The van der Waals surface area contributed by atoms with Crippen LogP contribution in [0.5, 0.6) is 5.75 Å². The van der Waals surface area contributed by atoms with Crippen LogP contribution >= 0.6 is 11.6 Å². The Labute approximate surface area is 161 Å². The van der Waals surface area contributed by atoms with Crippen molar-refractivity contribution in [3.63, 3.8) is 0 Å². The molecule has 134 valence electrons. The standard InChI is InChI=1S/C20H16ClN5O/c21-18-24-8-14(9-25-18)26-17-16-2-1-15(7-13(16)3-6-23-17)27-12-20(11-22)10-19(20)4-5-19/h1-3,6-9H,4-5,10,12H2,(H,23,26). The van der Waals surface area contributed by atoms with E-state index in [1.165, 1.54) is 0 Å². The van der Waals surface area contributed by atoms with Crippen molar-refractivity contribution in [2.24, 2.45) is 10.8 Å². The monoisotopic (exact) mass is 377 g/mol. The van der Waals surface area contributed by atoms with Crippen LogP contribution in [-0.2, 0) is 0 Å². The fraction of sp³-hybridized carbons (Fsp3) is 0.300. The lowest BCUT2D eigenvalue weighted by Gasteiger charge is -2.13. The van der Waals surface area contributed by atoms with Gasteiger partial charge in [0, 0.05) is 11.6 Å². The van der Waals surface area contributed by atoms with Gasteiger partial charge < -0.3 is 10.1 Å². The van der Waals surface area contributed by atoms with Gasteiger partial charge in [-0.15, -0.1) is 0 Å². The van der Waals surface area contributed by atoms with Gasteiger partial charge in [-0.25, -0.2) is 15.0 Å². The molecule has 5 rings (SSSR count). The van der Waals surface area contributed by atoms with Gasteiger partial charge in [0.05, 0.1) is 29.6 Å². The van der Waals surface area contributed by atoms with Gasteiger partial charge in [0.15, 0.2) is 0 Å². The Morgan fingerprint density at radius 3 is 2.70 bits per heavy atom. The molecule has 2 fully saturated rings. The molecule has 0 saturated heterocycles. The van der Waals surface area contributed by atoms with E-state index in [-0.39, 0.29) is 16.1 Å². The van der Waals surface area contributed by atoms with Gasteiger partial charge in [-0.05, 0) is 65.9 Å². The average molecular weight is 378 g/mol. The van der Waals surface area contributed by atoms with Crippen molar-refractivity contribution in [2.45, 2.75) is 19.3 Å². The van der Waals surface area contributed by atoms with Crippen molar-refractivity contribution >= 4 is 33.9 Å². The van der Waals surface area contributed by atoms with Crippen LogP contribution in [0.25, 0.3) is 10.8 Å². The van der Waals surface area contributed by atoms with E-state index in [1.807, 2.05) is 24.3 Å². The summed E-state index contributed by atoms with van der Waals surface area (Å²) in [5.41, 5.74) is 0.695. The fourth-order valence-corrected chi connectivity index (χ4v) is 3.90. The predicted molar refractivity (Wildman–Crippen MR) is 102 cm³/mol. The van der Waals surface area contributed by atoms with E-state index in [1.54, 1.807) is 18.6 Å². The second kappa shape index (κ2) is 5.80. The van der Waals surface area contributed by atoms with E-state index in [4.69, 9.17) is 16.3 Å². The number of hydrogen-bond acceptors (Lipinski definition) is 6. The van der Waals surface area contributed by atoms with Crippen LogP contribution in [-0.4, -0.2) is 21.6 Å². The highest BCUT2D eigenvalue weighted by Crippen LogP contribution is 2.78. The minimum Gasteiger partial charge on any atom is -0.492 e. The normalized spacial score (nSPS) is 21.6. The molecule has 3 aromatic rings. The Morgan fingerprint density at radius 1 is 1.19 bits per heavy atom. The summed E-state index contributed by atoms with van der Waals surface area (Å²) in [7, 11) is 0. The summed E-state index contributed by atoms with van der Waals surface area (Å²) in [5, 5.41) is 14.9. The maximum atomic E-state index is 9.51. The molecule has 1 spiro atoms. The first-order valence-electron chi connectivity index (χ1n) is 8.81. The molecule has 1 atom stereocenters. The summed E-state index contributed by atoms with van der Waals surface area (Å²) < 4.78 is 5.98. The molecule has 27 heavy (non-hydrogen) atoms. The zero-order valence-corrected chi connectivity index (χ0v) is 15.2.